The second kappa shape index (κ2) is 8.47. The van der Waals surface area contributed by atoms with Crippen LogP contribution in [0.3, 0.4) is 0 Å². The van der Waals surface area contributed by atoms with E-state index in [9.17, 15) is 14.0 Å². The lowest BCUT2D eigenvalue weighted by molar-refractivity contribution is -0.118. The van der Waals surface area contributed by atoms with Gasteiger partial charge in [-0.3, -0.25) is 9.59 Å². The highest BCUT2D eigenvalue weighted by Crippen LogP contribution is 2.16. The third kappa shape index (κ3) is 4.81. The van der Waals surface area contributed by atoms with Crippen LogP contribution in [0.4, 0.5) is 10.1 Å². The summed E-state index contributed by atoms with van der Waals surface area (Å²) in [6, 6.07) is 10.3. The summed E-state index contributed by atoms with van der Waals surface area (Å²) in [5.74, 6) is -0.665. The van der Waals surface area contributed by atoms with Crippen LogP contribution in [0, 0.1) is 18.7 Å². The fraction of sp³-hybridized carbons (Fsp3) is 0.300. The van der Waals surface area contributed by atoms with Crippen molar-refractivity contribution in [2.45, 2.75) is 26.8 Å². The van der Waals surface area contributed by atoms with E-state index in [0.717, 1.165) is 0 Å². The van der Waals surface area contributed by atoms with Gasteiger partial charge in [0.05, 0.1) is 7.11 Å². The lowest BCUT2D eigenvalue weighted by Crippen LogP contribution is -2.47. The van der Waals surface area contributed by atoms with E-state index < -0.39 is 17.8 Å². The van der Waals surface area contributed by atoms with Gasteiger partial charge < -0.3 is 15.4 Å². The summed E-state index contributed by atoms with van der Waals surface area (Å²) in [5.41, 5.74) is 1.27. The number of anilines is 1. The Labute approximate surface area is 152 Å². The summed E-state index contributed by atoms with van der Waals surface area (Å²) in [4.78, 5) is 25.0. The largest absolute Gasteiger partial charge is 0.497 e. The van der Waals surface area contributed by atoms with Gasteiger partial charge in [0.2, 0.25) is 5.91 Å². The Kier molecular flexibility index (Phi) is 6.33. The minimum Gasteiger partial charge on any atom is -0.497 e. The minimum absolute atomic E-state index is 0.146. The van der Waals surface area contributed by atoms with E-state index in [4.69, 9.17) is 4.74 Å². The normalized spacial score (nSPS) is 11.8. The molecule has 0 heterocycles. The van der Waals surface area contributed by atoms with E-state index in [0.29, 0.717) is 22.6 Å². The van der Waals surface area contributed by atoms with Gasteiger partial charge in [-0.05, 0) is 54.8 Å². The molecule has 2 aromatic carbocycles. The second-order valence-electron chi connectivity index (χ2n) is 6.38. The van der Waals surface area contributed by atoms with Crippen LogP contribution in [0.25, 0.3) is 0 Å². The van der Waals surface area contributed by atoms with Crippen LogP contribution in [0.2, 0.25) is 0 Å². The summed E-state index contributed by atoms with van der Waals surface area (Å²) in [6.07, 6.45) is 0. The summed E-state index contributed by atoms with van der Waals surface area (Å²) in [5, 5.41) is 5.38. The molecular formula is C20H23FN2O3. The number of benzene rings is 2. The van der Waals surface area contributed by atoms with Crippen LogP contribution in [-0.2, 0) is 4.79 Å². The van der Waals surface area contributed by atoms with Crippen molar-refractivity contribution in [3.63, 3.8) is 0 Å². The lowest BCUT2D eigenvalue weighted by atomic mass is 10.0. The molecule has 2 rings (SSSR count). The van der Waals surface area contributed by atoms with Crippen LogP contribution < -0.4 is 15.4 Å². The number of rotatable bonds is 6. The van der Waals surface area contributed by atoms with Gasteiger partial charge in [0, 0.05) is 11.3 Å². The van der Waals surface area contributed by atoms with Crippen molar-refractivity contribution in [1.29, 1.82) is 0 Å². The van der Waals surface area contributed by atoms with E-state index in [1.165, 1.54) is 6.07 Å². The molecule has 0 radical (unpaired) electrons. The molecular weight excluding hydrogens is 335 g/mol. The average molecular weight is 358 g/mol. The maximum Gasteiger partial charge on any atom is 0.251 e. The fourth-order valence-corrected chi connectivity index (χ4v) is 2.39. The maximum absolute atomic E-state index is 13.7. The molecule has 26 heavy (non-hydrogen) atoms. The van der Waals surface area contributed by atoms with Gasteiger partial charge in [0.1, 0.15) is 17.6 Å². The molecule has 138 valence electrons. The predicted molar refractivity (Wildman–Crippen MR) is 98.9 cm³/mol. The SMILES string of the molecule is COc1ccc(C(=O)NC(C(=O)Nc2ccc(C)c(F)c2)C(C)C)cc1. The zero-order chi connectivity index (χ0) is 19.3. The van der Waals surface area contributed by atoms with Gasteiger partial charge in [-0.1, -0.05) is 19.9 Å². The third-order valence-corrected chi connectivity index (χ3v) is 4.03. The van der Waals surface area contributed by atoms with Crippen molar-refractivity contribution in [2.75, 3.05) is 12.4 Å². The van der Waals surface area contributed by atoms with Gasteiger partial charge in [-0.2, -0.15) is 0 Å². The summed E-state index contributed by atoms with van der Waals surface area (Å²) in [6.45, 7) is 5.30. The van der Waals surface area contributed by atoms with Crippen molar-refractivity contribution in [3.05, 3.63) is 59.4 Å². The van der Waals surface area contributed by atoms with Crippen LogP contribution >= 0.6 is 0 Å². The minimum atomic E-state index is -0.756. The zero-order valence-corrected chi connectivity index (χ0v) is 15.3. The van der Waals surface area contributed by atoms with E-state index in [-0.39, 0.29) is 11.8 Å². The van der Waals surface area contributed by atoms with E-state index in [1.54, 1.807) is 50.4 Å². The number of hydrogen-bond acceptors (Lipinski definition) is 3. The molecule has 0 aliphatic rings. The third-order valence-electron chi connectivity index (χ3n) is 4.03. The summed E-state index contributed by atoms with van der Waals surface area (Å²) < 4.78 is 18.7. The highest BCUT2D eigenvalue weighted by Gasteiger charge is 2.25. The Morgan fingerprint density at radius 1 is 1.08 bits per heavy atom. The molecule has 1 unspecified atom stereocenters. The number of amides is 2. The molecule has 0 saturated heterocycles. The van der Waals surface area contributed by atoms with E-state index in [1.807, 2.05) is 13.8 Å². The molecule has 0 aromatic heterocycles. The Morgan fingerprint density at radius 2 is 1.73 bits per heavy atom. The monoisotopic (exact) mass is 358 g/mol. The number of ether oxygens (including phenoxy) is 1. The van der Waals surface area contributed by atoms with Crippen LogP contribution in [0.15, 0.2) is 42.5 Å². The first-order valence-corrected chi connectivity index (χ1v) is 8.33. The second-order valence-corrected chi connectivity index (χ2v) is 6.38. The first kappa shape index (κ1) is 19.4. The van der Waals surface area contributed by atoms with Crippen LogP contribution in [0.5, 0.6) is 5.75 Å². The van der Waals surface area contributed by atoms with Gasteiger partial charge in [0.25, 0.3) is 5.91 Å². The van der Waals surface area contributed by atoms with Crippen molar-refractivity contribution in [1.82, 2.24) is 5.32 Å². The van der Waals surface area contributed by atoms with Crippen molar-refractivity contribution in [2.24, 2.45) is 5.92 Å². The Morgan fingerprint density at radius 3 is 2.27 bits per heavy atom. The Bertz CT molecular complexity index is 788. The number of aryl methyl sites for hydroxylation is 1. The number of carbonyl (C=O) groups excluding carboxylic acids is 2. The Balaban J connectivity index is 2.10. The van der Waals surface area contributed by atoms with Gasteiger partial charge in [-0.25, -0.2) is 4.39 Å². The molecule has 5 nitrogen and oxygen atoms in total. The smallest absolute Gasteiger partial charge is 0.251 e. The summed E-state index contributed by atoms with van der Waals surface area (Å²) in [7, 11) is 1.54. The average Bonchev–Trinajstić information content (AvgIpc) is 2.62. The highest BCUT2D eigenvalue weighted by atomic mass is 19.1. The topological polar surface area (TPSA) is 67.4 Å². The number of halogens is 1. The molecule has 2 N–H and O–H groups in total. The molecule has 0 fully saturated rings. The quantitative estimate of drug-likeness (QED) is 0.830. The number of hydrogen-bond donors (Lipinski definition) is 2. The first-order valence-electron chi connectivity index (χ1n) is 8.33. The number of carbonyl (C=O) groups is 2. The molecule has 2 aromatic rings. The van der Waals surface area contributed by atoms with E-state index >= 15 is 0 Å². The van der Waals surface area contributed by atoms with Crippen molar-refractivity contribution >= 4 is 17.5 Å². The number of nitrogens with one attached hydrogen (secondary N) is 2. The van der Waals surface area contributed by atoms with Crippen molar-refractivity contribution < 1.29 is 18.7 Å². The van der Waals surface area contributed by atoms with Gasteiger partial charge in [-0.15, -0.1) is 0 Å². The molecule has 0 aliphatic heterocycles. The zero-order valence-electron chi connectivity index (χ0n) is 15.3. The first-order chi connectivity index (χ1) is 12.3. The fourth-order valence-electron chi connectivity index (χ4n) is 2.39. The standard InChI is InChI=1S/C20H23FN2O3/c1-12(2)18(20(25)22-15-8-5-13(3)17(21)11-15)23-19(24)14-6-9-16(26-4)10-7-14/h5-12,18H,1-4H3,(H,22,25)(H,23,24). The maximum atomic E-state index is 13.7. The van der Waals surface area contributed by atoms with Gasteiger partial charge >= 0.3 is 0 Å². The Hall–Kier alpha value is -2.89. The summed E-state index contributed by atoms with van der Waals surface area (Å²) >= 11 is 0. The predicted octanol–water partition coefficient (Wildman–Crippen LogP) is 3.54. The van der Waals surface area contributed by atoms with Crippen molar-refractivity contribution in [3.8, 4) is 5.75 Å². The van der Waals surface area contributed by atoms with E-state index in [2.05, 4.69) is 10.6 Å². The highest BCUT2D eigenvalue weighted by molar-refractivity contribution is 6.01. The molecule has 0 saturated carbocycles. The number of methoxy groups -OCH3 is 1. The molecule has 6 heteroatoms. The molecule has 0 aliphatic carbocycles. The van der Waals surface area contributed by atoms with Crippen LogP contribution in [-0.4, -0.2) is 25.0 Å². The lowest BCUT2D eigenvalue weighted by Gasteiger charge is -2.22. The van der Waals surface area contributed by atoms with Gasteiger partial charge in [0.15, 0.2) is 0 Å². The molecule has 0 bridgehead atoms. The molecule has 0 spiro atoms. The van der Waals surface area contributed by atoms with Crippen LogP contribution in [0.1, 0.15) is 29.8 Å². The molecule has 1 atom stereocenters. The molecule has 2 amide bonds.